The molecule has 0 spiro atoms. The molecule has 2 saturated heterocycles. The van der Waals surface area contributed by atoms with Gasteiger partial charge in [0.25, 0.3) is 11.8 Å². The SMILES string of the molecule is CCOC(=O)[C@@H]1CSC2CCC[C@H](N3C(=O)c4ccccc4C3=O)C(=O)N21. The smallest absolute Gasteiger partial charge is 0.329 e. The monoisotopic (exact) mass is 388 g/mol. The molecule has 0 aliphatic carbocycles. The standard InChI is InChI=1S/C19H20N2O5S/c1-2-26-19(25)14-10-27-15-9-5-8-13(18(24)20(14)15)21-16(22)11-6-3-4-7-12(11)17(21)23/h3-4,6-7,13-15H,2,5,8-10H2,1H3/t13-,14-,15?/m0/s1. The van der Waals surface area contributed by atoms with E-state index in [0.717, 1.165) is 11.3 Å². The molecule has 0 aromatic heterocycles. The zero-order valence-corrected chi connectivity index (χ0v) is 15.7. The van der Waals surface area contributed by atoms with E-state index in [4.69, 9.17) is 4.74 Å². The zero-order chi connectivity index (χ0) is 19.1. The second-order valence-electron chi connectivity index (χ2n) is 6.77. The van der Waals surface area contributed by atoms with E-state index < -0.39 is 29.9 Å². The topological polar surface area (TPSA) is 84.0 Å². The molecule has 3 amide bonds. The molecule has 3 atom stereocenters. The van der Waals surface area contributed by atoms with Crippen LogP contribution in [-0.2, 0) is 14.3 Å². The number of fused-ring (bicyclic) bond motifs is 2. The minimum absolute atomic E-state index is 0.118. The first-order valence-corrected chi connectivity index (χ1v) is 10.2. The van der Waals surface area contributed by atoms with Crippen molar-refractivity contribution >= 4 is 35.5 Å². The van der Waals surface area contributed by atoms with Gasteiger partial charge in [-0.15, -0.1) is 11.8 Å². The van der Waals surface area contributed by atoms with Crippen LogP contribution in [0.4, 0.5) is 0 Å². The average Bonchev–Trinajstić information content (AvgIpc) is 3.14. The number of thioether (sulfide) groups is 1. The highest BCUT2D eigenvalue weighted by Crippen LogP contribution is 2.38. The number of rotatable bonds is 3. The molecule has 1 unspecified atom stereocenters. The summed E-state index contributed by atoms with van der Waals surface area (Å²) in [5.74, 6) is -1.16. The molecule has 3 aliphatic heterocycles. The number of carbonyl (C=O) groups is 4. The van der Waals surface area contributed by atoms with E-state index in [0.29, 0.717) is 29.7 Å². The Balaban J connectivity index is 1.65. The van der Waals surface area contributed by atoms with Gasteiger partial charge in [-0.1, -0.05) is 12.1 Å². The van der Waals surface area contributed by atoms with Crippen LogP contribution in [-0.4, -0.2) is 63.3 Å². The Hall–Kier alpha value is -2.35. The summed E-state index contributed by atoms with van der Waals surface area (Å²) in [6.07, 6.45) is 1.84. The molecule has 3 aliphatic rings. The van der Waals surface area contributed by atoms with Crippen LogP contribution in [0.3, 0.4) is 0 Å². The summed E-state index contributed by atoms with van der Waals surface area (Å²) in [6.45, 7) is 1.97. The number of hydrogen-bond donors (Lipinski definition) is 0. The van der Waals surface area contributed by atoms with E-state index in [1.54, 1.807) is 47.9 Å². The number of carbonyl (C=O) groups excluding carboxylic acids is 4. The summed E-state index contributed by atoms with van der Waals surface area (Å²) in [5, 5.41) is -0.118. The van der Waals surface area contributed by atoms with Crippen molar-refractivity contribution in [1.82, 2.24) is 9.80 Å². The Labute approximate surface area is 161 Å². The molecule has 1 aromatic carbocycles. The quantitative estimate of drug-likeness (QED) is 0.579. The van der Waals surface area contributed by atoms with Crippen molar-refractivity contribution in [1.29, 1.82) is 0 Å². The molecule has 0 radical (unpaired) electrons. The number of ether oxygens (including phenoxy) is 1. The van der Waals surface area contributed by atoms with Gasteiger partial charge in [0, 0.05) is 5.75 Å². The number of nitrogens with zero attached hydrogens (tertiary/aromatic N) is 2. The van der Waals surface area contributed by atoms with Crippen LogP contribution in [0.1, 0.15) is 46.9 Å². The van der Waals surface area contributed by atoms with Crippen LogP contribution >= 0.6 is 11.8 Å². The molecule has 0 bridgehead atoms. The van der Waals surface area contributed by atoms with Gasteiger partial charge in [-0.3, -0.25) is 19.3 Å². The fourth-order valence-corrected chi connectivity index (χ4v) is 5.46. The summed E-state index contributed by atoms with van der Waals surface area (Å²) >= 11 is 1.56. The molecule has 27 heavy (non-hydrogen) atoms. The van der Waals surface area contributed by atoms with E-state index >= 15 is 0 Å². The molecule has 0 saturated carbocycles. The van der Waals surface area contributed by atoms with Gasteiger partial charge in [-0.05, 0) is 38.3 Å². The number of imide groups is 1. The van der Waals surface area contributed by atoms with Gasteiger partial charge in [-0.2, -0.15) is 0 Å². The third kappa shape index (κ3) is 2.82. The molecule has 3 heterocycles. The van der Waals surface area contributed by atoms with Crippen molar-refractivity contribution < 1.29 is 23.9 Å². The number of amides is 3. The first-order chi connectivity index (χ1) is 13.0. The molecule has 0 N–H and O–H groups in total. The van der Waals surface area contributed by atoms with Crippen LogP contribution in [0.5, 0.6) is 0 Å². The molecule has 1 aromatic rings. The number of hydrogen-bond acceptors (Lipinski definition) is 6. The lowest BCUT2D eigenvalue weighted by molar-refractivity contribution is -0.154. The van der Waals surface area contributed by atoms with Crippen LogP contribution in [0.15, 0.2) is 24.3 Å². The van der Waals surface area contributed by atoms with Crippen molar-refractivity contribution in [2.45, 2.75) is 43.6 Å². The van der Waals surface area contributed by atoms with Crippen molar-refractivity contribution in [3.8, 4) is 0 Å². The fraction of sp³-hybridized carbons (Fsp3) is 0.474. The number of benzene rings is 1. The second kappa shape index (κ2) is 6.99. The molecular formula is C19H20N2O5S. The van der Waals surface area contributed by atoms with Crippen molar-refractivity contribution in [2.75, 3.05) is 12.4 Å². The Kier molecular flexibility index (Phi) is 4.67. The second-order valence-corrected chi connectivity index (χ2v) is 7.98. The van der Waals surface area contributed by atoms with Gasteiger partial charge in [0.1, 0.15) is 12.1 Å². The third-order valence-corrected chi connectivity index (χ3v) is 6.61. The van der Waals surface area contributed by atoms with Crippen molar-refractivity contribution in [2.24, 2.45) is 0 Å². The van der Waals surface area contributed by atoms with Gasteiger partial charge in [-0.25, -0.2) is 4.79 Å². The molecule has 7 nitrogen and oxygen atoms in total. The van der Waals surface area contributed by atoms with Gasteiger partial charge in [0.2, 0.25) is 5.91 Å². The van der Waals surface area contributed by atoms with Gasteiger partial charge in [0.05, 0.1) is 23.1 Å². The van der Waals surface area contributed by atoms with E-state index in [-0.39, 0.29) is 17.9 Å². The van der Waals surface area contributed by atoms with Crippen LogP contribution in [0.25, 0.3) is 0 Å². The van der Waals surface area contributed by atoms with Gasteiger partial charge >= 0.3 is 5.97 Å². The molecule has 8 heteroatoms. The first-order valence-electron chi connectivity index (χ1n) is 9.12. The summed E-state index contributed by atoms with van der Waals surface area (Å²) in [4.78, 5) is 53.9. The van der Waals surface area contributed by atoms with Gasteiger partial charge < -0.3 is 9.64 Å². The summed E-state index contributed by atoms with van der Waals surface area (Å²) in [5.41, 5.74) is 0.655. The van der Waals surface area contributed by atoms with Crippen LogP contribution in [0, 0.1) is 0 Å². The maximum atomic E-state index is 13.3. The van der Waals surface area contributed by atoms with Crippen molar-refractivity contribution in [3.05, 3.63) is 35.4 Å². The Morgan fingerprint density at radius 3 is 2.44 bits per heavy atom. The highest BCUT2D eigenvalue weighted by atomic mass is 32.2. The summed E-state index contributed by atoms with van der Waals surface area (Å²) < 4.78 is 5.12. The lowest BCUT2D eigenvalue weighted by Gasteiger charge is -2.31. The highest BCUT2D eigenvalue weighted by molar-refractivity contribution is 8.00. The van der Waals surface area contributed by atoms with Crippen LogP contribution < -0.4 is 0 Å². The number of esters is 1. The maximum Gasteiger partial charge on any atom is 0.329 e. The minimum atomic E-state index is -0.877. The third-order valence-electron chi connectivity index (χ3n) is 5.26. The molecule has 142 valence electrons. The van der Waals surface area contributed by atoms with E-state index in [1.165, 1.54) is 0 Å². The van der Waals surface area contributed by atoms with E-state index in [2.05, 4.69) is 0 Å². The Morgan fingerprint density at radius 2 is 1.81 bits per heavy atom. The lowest BCUT2D eigenvalue weighted by Crippen LogP contribution is -2.54. The molecule has 4 rings (SSSR count). The average molecular weight is 388 g/mol. The molecular weight excluding hydrogens is 368 g/mol. The van der Waals surface area contributed by atoms with E-state index in [9.17, 15) is 19.2 Å². The normalized spacial score (nSPS) is 27.4. The van der Waals surface area contributed by atoms with Crippen molar-refractivity contribution in [3.63, 3.8) is 0 Å². The first kappa shape index (κ1) is 18.0. The lowest BCUT2D eigenvalue weighted by atomic mass is 10.1. The largest absolute Gasteiger partial charge is 0.464 e. The zero-order valence-electron chi connectivity index (χ0n) is 14.9. The predicted molar refractivity (Wildman–Crippen MR) is 98.1 cm³/mol. The Bertz CT molecular complexity index is 791. The predicted octanol–water partition coefficient (Wildman–Crippen LogP) is 1.67. The van der Waals surface area contributed by atoms with Crippen LogP contribution in [0.2, 0.25) is 0 Å². The van der Waals surface area contributed by atoms with E-state index in [1.807, 2.05) is 0 Å². The van der Waals surface area contributed by atoms with Gasteiger partial charge in [0.15, 0.2) is 0 Å². The molecule has 2 fully saturated rings. The minimum Gasteiger partial charge on any atom is -0.464 e. The summed E-state index contributed by atoms with van der Waals surface area (Å²) in [6, 6.07) is 5.07. The maximum absolute atomic E-state index is 13.3. The highest BCUT2D eigenvalue weighted by Gasteiger charge is 2.50. The fourth-order valence-electron chi connectivity index (χ4n) is 4.01. The Morgan fingerprint density at radius 1 is 1.15 bits per heavy atom. The summed E-state index contributed by atoms with van der Waals surface area (Å²) in [7, 11) is 0.